The molecule has 0 rings (SSSR count). The first-order chi connectivity index (χ1) is 5.76. The Morgan fingerprint density at radius 2 is 1.50 bits per heavy atom. The van der Waals surface area contributed by atoms with Crippen molar-refractivity contribution in [1.29, 1.82) is 0 Å². The molecule has 0 saturated carbocycles. The van der Waals surface area contributed by atoms with Gasteiger partial charge in [-0.15, -0.1) is 0 Å². The second-order valence-electron chi connectivity index (χ2n) is 2.67. The van der Waals surface area contributed by atoms with Gasteiger partial charge in [-0.25, -0.2) is 0 Å². The predicted molar refractivity (Wildman–Crippen MR) is 53.5 cm³/mol. The molecule has 2 nitrogen and oxygen atoms in total. The normalized spacial score (nSPS) is 9.50. The molecular formula is C10H24O2. The van der Waals surface area contributed by atoms with Crippen LogP contribution in [0.4, 0.5) is 0 Å². The van der Waals surface area contributed by atoms with Crippen molar-refractivity contribution in [2.75, 3.05) is 20.8 Å². The Morgan fingerprint density at radius 1 is 1.00 bits per heavy atom. The van der Waals surface area contributed by atoms with Crippen molar-refractivity contribution in [1.82, 2.24) is 0 Å². The molecule has 0 fully saturated rings. The first kappa shape index (κ1) is 14.4. The third kappa shape index (κ3) is 12.6. The van der Waals surface area contributed by atoms with Crippen LogP contribution in [0, 0.1) is 0 Å². The minimum Gasteiger partial charge on any atom is -0.385 e. The fourth-order valence-corrected chi connectivity index (χ4v) is 0.826. The third-order valence-corrected chi connectivity index (χ3v) is 1.65. The van der Waals surface area contributed by atoms with Crippen LogP contribution < -0.4 is 0 Å². The number of ether oxygens (including phenoxy) is 2. The van der Waals surface area contributed by atoms with Crippen molar-refractivity contribution in [3.05, 3.63) is 0 Å². The van der Waals surface area contributed by atoms with E-state index in [0.717, 1.165) is 25.9 Å². The molecule has 0 amide bonds. The Bertz CT molecular complexity index is 53.3. The van der Waals surface area contributed by atoms with Gasteiger partial charge in [-0.05, 0) is 19.3 Å². The van der Waals surface area contributed by atoms with Gasteiger partial charge in [-0.3, -0.25) is 0 Å². The molecule has 76 valence electrons. The first-order valence-electron chi connectivity index (χ1n) is 4.78. The Balaban J connectivity index is 0. The number of rotatable bonds is 5. The summed E-state index contributed by atoms with van der Waals surface area (Å²) in [5.41, 5.74) is 0. The van der Waals surface area contributed by atoms with E-state index in [4.69, 9.17) is 9.47 Å². The highest BCUT2D eigenvalue weighted by Crippen LogP contribution is 1.98. The zero-order chi connectivity index (χ0) is 9.82. The molecule has 0 heterocycles. The zero-order valence-electron chi connectivity index (χ0n) is 9.22. The van der Waals surface area contributed by atoms with E-state index in [0.29, 0.717) is 6.10 Å². The summed E-state index contributed by atoms with van der Waals surface area (Å²) >= 11 is 0. The van der Waals surface area contributed by atoms with Gasteiger partial charge >= 0.3 is 0 Å². The summed E-state index contributed by atoms with van der Waals surface area (Å²) in [6.07, 6.45) is 3.87. The van der Waals surface area contributed by atoms with Gasteiger partial charge in [-0.2, -0.15) is 0 Å². The largest absolute Gasteiger partial charge is 0.385 e. The maximum Gasteiger partial charge on any atom is 0.0566 e. The molecule has 0 atom stereocenters. The summed E-state index contributed by atoms with van der Waals surface area (Å²) in [4.78, 5) is 0. The summed E-state index contributed by atoms with van der Waals surface area (Å²) in [5, 5.41) is 0. The Hall–Kier alpha value is -0.0800. The lowest BCUT2D eigenvalue weighted by Crippen LogP contribution is -2.05. The van der Waals surface area contributed by atoms with Crippen molar-refractivity contribution in [3.8, 4) is 0 Å². The average molecular weight is 176 g/mol. The van der Waals surface area contributed by atoms with Crippen LogP contribution >= 0.6 is 0 Å². The van der Waals surface area contributed by atoms with Gasteiger partial charge in [0, 0.05) is 20.8 Å². The molecule has 0 aromatic carbocycles. The Morgan fingerprint density at radius 3 is 1.50 bits per heavy atom. The summed E-state index contributed by atoms with van der Waals surface area (Å²) < 4.78 is 9.74. The maximum absolute atomic E-state index is 5.05. The van der Waals surface area contributed by atoms with Crippen molar-refractivity contribution in [2.45, 2.75) is 46.1 Å². The molecule has 0 aliphatic carbocycles. The van der Waals surface area contributed by atoms with Gasteiger partial charge < -0.3 is 9.47 Å². The molecule has 0 radical (unpaired) electrons. The molecule has 0 saturated heterocycles. The van der Waals surface area contributed by atoms with E-state index >= 15 is 0 Å². The van der Waals surface area contributed by atoms with Crippen LogP contribution in [-0.2, 0) is 9.47 Å². The fraction of sp³-hybridized carbons (Fsp3) is 1.00. The quantitative estimate of drug-likeness (QED) is 0.641. The molecule has 0 aliphatic rings. The van der Waals surface area contributed by atoms with Gasteiger partial charge in [0.15, 0.2) is 0 Å². The summed E-state index contributed by atoms with van der Waals surface area (Å²) in [7, 11) is 3.47. The highest BCUT2D eigenvalue weighted by molar-refractivity contribution is 4.47. The number of hydrogen-bond acceptors (Lipinski definition) is 2. The molecule has 0 aromatic heterocycles. The van der Waals surface area contributed by atoms with Crippen LogP contribution in [0.1, 0.15) is 40.0 Å². The van der Waals surface area contributed by atoms with Gasteiger partial charge in [-0.1, -0.05) is 20.8 Å². The van der Waals surface area contributed by atoms with E-state index in [9.17, 15) is 0 Å². The second kappa shape index (κ2) is 13.5. The molecule has 0 unspecified atom stereocenters. The van der Waals surface area contributed by atoms with Gasteiger partial charge in [0.2, 0.25) is 0 Å². The van der Waals surface area contributed by atoms with Gasteiger partial charge in [0.25, 0.3) is 0 Å². The van der Waals surface area contributed by atoms with Crippen LogP contribution in [-0.4, -0.2) is 26.9 Å². The smallest absolute Gasteiger partial charge is 0.0566 e. The number of hydrogen-bond donors (Lipinski definition) is 0. The molecule has 0 bridgehead atoms. The monoisotopic (exact) mass is 176 g/mol. The zero-order valence-corrected chi connectivity index (χ0v) is 9.22. The lowest BCUT2D eigenvalue weighted by molar-refractivity contribution is 0.0964. The highest BCUT2D eigenvalue weighted by Gasteiger charge is 1.96. The minimum atomic E-state index is 0.486. The van der Waals surface area contributed by atoms with Crippen LogP contribution in [0.3, 0.4) is 0 Å². The third-order valence-electron chi connectivity index (χ3n) is 1.65. The van der Waals surface area contributed by atoms with Crippen molar-refractivity contribution in [3.63, 3.8) is 0 Å². The lowest BCUT2D eigenvalue weighted by atomic mass is 10.2. The van der Waals surface area contributed by atoms with E-state index in [2.05, 4.69) is 20.8 Å². The van der Waals surface area contributed by atoms with E-state index in [-0.39, 0.29) is 0 Å². The number of methoxy groups -OCH3 is 2. The van der Waals surface area contributed by atoms with Crippen molar-refractivity contribution >= 4 is 0 Å². The first-order valence-corrected chi connectivity index (χ1v) is 4.78. The topological polar surface area (TPSA) is 18.5 Å². The highest BCUT2D eigenvalue weighted by atomic mass is 16.5. The lowest BCUT2D eigenvalue weighted by Gasteiger charge is -2.07. The molecule has 0 spiro atoms. The van der Waals surface area contributed by atoms with E-state index in [1.54, 1.807) is 14.2 Å². The van der Waals surface area contributed by atoms with E-state index in [1.165, 1.54) is 0 Å². The van der Waals surface area contributed by atoms with E-state index < -0.39 is 0 Å². The Labute approximate surface area is 77.3 Å². The Kier molecular flexibility index (Phi) is 16.3. The maximum atomic E-state index is 5.05. The standard InChI is InChI=1S/C6H14O.C4H10O/c1-4-6(5-2)7-3;1-3-4-5-2/h6H,4-5H2,1-3H3;3-4H2,1-2H3. The molecule has 0 aromatic rings. The molecule has 12 heavy (non-hydrogen) atoms. The average Bonchev–Trinajstić information content (AvgIpc) is 2.10. The SMILES string of the molecule is CCC(CC)OC.CCCOC. The van der Waals surface area contributed by atoms with Gasteiger partial charge in [0.1, 0.15) is 0 Å². The van der Waals surface area contributed by atoms with E-state index in [1.807, 2.05) is 0 Å². The van der Waals surface area contributed by atoms with Crippen LogP contribution in [0.25, 0.3) is 0 Å². The molecule has 2 heteroatoms. The minimum absolute atomic E-state index is 0.486. The summed E-state index contributed by atoms with van der Waals surface area (Å²) in [6, 6.07) is 0. The summed E-state index contributed by atoms with van der Waals surface area (Å²) in [5.74, 6) is 0. The van der Waals surface area contributed by atoms with Crippen LogP contribution in [0.15, 0.2) is 0 Å². The molecule has 0 N–H and O–H groups in total. The molecule has 0 aliphatic heterocycles. The second-order valence-corrected chi connectivity index (χ2v) is 2.67. The van der Waals surface area contributed by atoms with Crippen molar-refractivity contribution in [2.24, 2.45) is 0 Å². The molecular weight excluding hydrogens is 152 g/mol. The van der Waals surface area contributed by atoms with Crippen molar-refractivity contribution < 1.29 is 9.47 Å². The predicted octanol–water partition coefficient (Wildman–Crippen LogP) is 2.86. The van der Waals surface area contributed by atoms with Crippen LogP contribution in [0.5, 0.6) is 0 Å². The summed E-state index contributed by atoms with van der Waals surface area (Å²) in [6.45, 7) is 7.25. The van der Waals surface area contributed by atoms with Gasteiger partial charge in [0.05, 0.1) is 6.10 Å². The van der Waals surface area contributed by atoms with Crippen LogP contribution in [0.2, 0.25) is 0 Å². The fourth-order valence-electron chi connectivity index (χ4n) is 0.826.